The number of hydrogen-bond acceptors (Lipinski definition) is 2. The van der Waals surface area contributed by atoms with Crippen LogP contribution in [-0.2, 0) is 11.3 Å². The molecule has 0 aromatic heterocycles. The average molecular weight is 289 g/mol. The van der Waals surface area contributed by atoms with Crippen LogP contribution in [0.5, 0.6) is 0 Å². The van der Waals surface area contributed by atoms with Gasteiger partial charge in [0.1, 0.15) is 0 Å². The zero-order chi connectivity index (χ0) is 15.1. The third-order valence-electron chi connectivity index (χ3n) is 3.70. The minimum atomic E-state index is -0.0500. The van der Waals surface area contributed by atoms with Gasteiger partial charge in [-0.05, 0) is 18.4 Å². The molecule has 5 heteroatoms. The van der Waals surface area contributed by atoms with Gasteiger partial charge in [0.15, 0.2) is 0 Å². The summed E-state index contributed by atoms with van der Waals surface area (Å²) in [5.74, 6) is 0.0422. The van der Waals surface area contributed by atoms with Crippen molar-refractivity contribution >= 4 is 11.9 Å². The van der Waals surface area contributed by atoms with Crippen LogP contribution in [0.3, 0.4) is 0 Å². The quantitative estimate of drug-likeness (QED) is 0.899. The number of hydrogen-bond donors (Lipinski definition) is 1. The summed E-state index contributed by atoms with van der Waals surface area (Å²) < 4.78 is 0. The van der Waals surface area contributed by atoms with Gasteiger partial charge in [-0.2, -0.15) is 0 Å². The largest absolute Gasteiger partial charge is 0.341 e. The molecule has 0 radical (unpaired) electrons. The normalized spacial score (nSPS) is 14.0. The van der Waals surface area contributed by atoms with Gasteiger partial charge in [-0.15, -0.1) is 0 Å². The Hall–Kier alpha value is -2.04. The molecular formula is C16H23N3O2. The molecule has 1 saturated heterocycles. The van der Waals surface area contributed by atoms with Crippen LogP contribution in [-0.4, -0.2) is 48.4 Å². The molecule has 1 heterocycles. The van der Waals surface area contributed by atoms with Crippen LogP contribution in [0.1, 0.15) is 24.8 Å². The second-order valence-corrected chi connectivity index (χ2v) is 5.41. The molecule has 114 valence electrons. The van der Waals surface area contributed by atoms with Crippen LogP contribution in [0.15, 0.2) is 30.3 Å². The Morgan fingerprint density at radius 1 is 1.19 bits per heavy atom. The highest BCUT2D eigenvalue weighted by molar-refractivity contribution is 5.78. The third-order valence-corrected chi connectivity index (χ3v) is 3.70. The van der Waals surface area contributed by atoms with E-state index in [4.69, 9.17) is 0 Å². The summed E-state index contributed by atoms with van der Waals surface area (Å²) in [6, 6.07) is 9.83. The third kappa shape index (κ3) is 4.77. The number of nitrogens with zero attached hydrogens (tertiary/aromatic N) is 2. The molecule has 0 aliphatic carbocycles. The van der Waals surface area contributed by atoms with Gasteiger partial charge < -0.3 is 15.1 Å². The molecule has 3 amide bonds. The van der Waals surface area contributed by atoms with E-state index in [1.54, 1.807) is 16.8 Å². The number of urea groups is 1. The lowest BCUT2D eigenvalue weighted by Gasteiger charge is -2.19. The van der Waals surface area contributed by atoms with Crippen molar-refractivity contribution in [3.63, 3.8) is 0 Å². The summed E-state index contributed by atoms with van der Waals surface area (Å²) in [5, 5.41) is 2.81. The molecular weight excluding hydrogens is 266 g/mol. The SMILES string of the molecule is CN(Cc1ccccc1)C(=O)CCNC(=O)N1CCCC1. The van der Waals surface area contributed by atoms with Crippen molar-refractivity contribution in [1.82, 2.24) is 15.1 Å². The monoisotopic (exact) mass is 289 g/mol. The van der Waals surface area contributed by atoms with Gasteiger partial charge in [0.25, 0.3) is 0 Å². The number of rotatable bonds is 5. The summed E-state index contributed by atoms with van der Waals surface area (Å²) >= 11 is 0. The fourth-order valence-electron chi connectivity index (χ4n) is 2.44. The van der Waals surface area contributed by atoms with Crippen LogP contribution < -0.4 is 5.32 Å². The van der Waals surface area contributed by atoms with E-state index in [0.717, 1.165) is 31.5 Å². The second-order valence-electron chi connectivity index (χ2n) is 5.41. The molecule has 1 aromatic rings. The summed E-state index contributed by atoms with van der Waals surface area (Å²) in [4.78, 5) is 27.3. The first-order valence-corrected chi connectivity index (χ1v) is 7.47. The Labute approximate surface area is 125 Å². The number of carbonyl (C=O) groups is 2. The fourth-order valence-corrected chi connectivity index (χ4v) is 2.44. The Morgan fingerprint density at radius 3 is 2.52 bits per heavy atom. The Morgan fingerprint density at radius 2 is 1.86 bits per heavy atom. The Balaban J connectivity index is 1.67. The molecule has 1 N–H and O–H groups in total. The number of likely N-dealkylation sites (tertiary alicyclic amines) is 1. The molecule has 21 heavy (non-hydrogen) atoms. The highest BCUT2D eigenvalue weighted by atomic mass is 16.2. The van der Waals surface area contributed by atoms with E-state index < -0.39 is 0 Å². The molecule has 0 bridgehead atoms. The van der Waals surface area contributed by atoms with Crippen LogP contribution in [0.2, 0.25) is 0 Å². The predicted octanol–water partition coefficient (Wildman–Crippen LogP) is 1.84. The van der Waals surface area contributed by atoms with Gasteiger partial charge in [-0.25, -0.2) is 4.79 Å². The maximum atomic E-state index is 12.0. The first kappa shape index (κ1) is 15.4. The lowest BCUT2D eigenvalue weighted by Crippen LogP contribution is -2.39. The topological polar surface area (TPSA) is 52.7 Å². The molecule has 1 aromatic carbocycles. The van der Waals surface area contributed by atoms with Gasteiger partial charge in [0.2, 0.25) is 5.91 Å². The minimum absolute atomic E-state index is 0.0422. The van der Waals surface area contributed by atoms with E-state index >= 15 is 0 Å². The highest BCUT2D eigenvalue weighted by Gasteiger charge is 2.17. The standard InChI is InChI=1S/C16H23N3O2/c1-18(13-14-7-3-2-4-8-14)15(20)9-10-17-16(21)19-11-5-6-12-19/h2-4,7-8H,5-6,9-13H2,1H3,(H,17,21). The van der Waals surface area contributed by atoms with Crippen LogP contribution >= 0.6 is 0 Å². The van der Waals surface area contributed by atoms with E-state index in [0.29, 0.717) is 19.5 Å². The van der Waals surface area contributed by atoms with E-state index in [-0.39, 0.29) is 11.9 Å². The van der Waals surface area contributed by atoms with Gasteiger partial charge in [-0.3, -0.25) is 4.79 Å². The molecule has 5 nitrogen and oxygen atoms in total. The minimum Gasteiger partial charge on any atom is -0.341 e. The first-order chi connectivity index (χ1) is 10.2. The van der Waals surface area contributed by atoms with Crippen molar-refractivity contribution in [3.05, 3.63) is 35.9 Å². The number of nitrogens with one attached hydrogen (secondary N) is 1. The van der Waals surface area contributed by atoms with E-state index in [9.17, 15) is 9.59 Å². The van der Waals surface area contributed by atoms with E-state index in [1.165, 1.54) is 0 Å². The van der Waals surface area contributed by atoms with Crippen molar-refractivity contribution in [2.45, 2.75) is 25.8 Å². The van der Waals surface area contributed by atoms with Crippen LogP contribution in [0.4, 0.5) is 4.79 Å². The molecule has 0 saturated carbocycles. The van der Waals surface area contributed by atoms with Gasteiger partial charge in [0.05, 0.1) is 0 Å². The zero-order valence-electron chi connectivity index (χ0n) is 12.5. The second kappa shape index (κ2) is 7.67. The first-order valence-electron chi connectivity index (χ1n) is 7.47. The van der Waals surface area contributed by atoms with Crippen LogP contribution in [0.25, 0.3) is 0 Å². The fraction of sp³-hybridized carbons (Fsp3) is 0.500. The van der Waals surface area contributed by atoms with Gasteiger partial charge in [0, 0.05) is 39.6 Å². The zero-order valence-corrected chi connectivity index (χ0v) is 12.5. The highest BCUT2D eigenvalue weighted by Crippen LogP contribution is 2.07. The van der Waals surface area contributed by atoms with Crippen molar-refractivity contribution in [2.24, 2.45) is 0 Å². The van der Waals surface area contributed by atoms with Crippen molar-refractivity contribution in [1.29, 1.82) is 0 Å². The summed E-state index contributed by atoms with van der Waals surface area (Å²) in [6.45, 7) is 2.65. The molecule has 1 aliphatic heterocycles. The van der Waals surface area contributed by atoms with Gasteiger partial charge >= 0.3 is 6.03 Å². The summed E-state index contributed by atoms with van der Waals surface area (Å²) in [5.41, 5.74) is 1.11. The smallest absolute Gasteiger partial charge is 0.317 e. The number of amides is 3. The Bertz CT molecular complexity index is 470. The number of benzene rings is 1. The molecule has 1 fully saturated rings. The molecule has 0 spiro atoms. The van der Waals surface area contributed by atoms with Crippen LogP contribution in [0, 0.1) is 0 Å². The van der Waals surface area contributed by atoms with Crippen molar-refractivity contribution in [2.75, 3.05) is 26.7 Å². The van der Waals surface area contributed by atoms with E-state index in [2.05, 4.69) is 5.32 Å². The van der Waals surface area contributed by atoms with Crippen molar-refractivity contribution in [3.8, 4) is 0 Å². The Kier molecular flexibility index (Phi) is 5.60. The van der Waals surface area contributed by atoms with E-state index in [1.807, 2.05) is 30.3 Å². The molecule has 0 unspecified atom stereocenters. The maximum absolute atomic E-state index is 12.0. The molecule has 1 aliphatic rings. The number of carbonyl (C=O) groups excluding carboxylic acids is 2. The average Bonchev–Trinajstić information content (AvgIpc) is 3.02. The summed E-state index contributed by atoms with van der Waals surface area (Å²) in [7, 11) is 1.79. The lowest BCUT2D eigenvalue weighted by molar-refractivity contribution is -0.130. The summed E-state index contributed by atoms with van der Waals surface area (Å²) in [6.07, 6.45) is 2.49. The van der Waals surface area contributed by atoms with Crippen molar-refractivity contribution < 1.29 is 9.59 Å². The lowest BCUT2D eigenvalue weighted by atomic mass is 10.2. The predicted molar refractivity (Wildman–Crippen MR) is 81.7 cm³/mol. The maximum Gasteiger partial charge on any atom is 0.317 e. The van der Waals surface area contributed by atoms with Gasteiger partial charge in [-0.1, -0.05) is 30.3 Å². The molecule has 0 atom stereocenters. The molecule has 2 rings (SSSR count).